The van der Waals surface area contributed by atoms with Crippen molar-refractivity contribution < 1.29 is 9.59 Å². The molecule has 1 aromatic carbocycles. The minimum Gasteiger partial charge on any atom is -0.345 e. The van der Waals surface area contributed by atoms with E-state index in [4.69, 9.17) is 23.2 Å². The van der Waals surface area contributed by atoms with Crippen molar-refractivity contribution in [1.29, 1.82) is 0 Å². The molecule has 0 fully saturated rings. The maximum Gasteiger partial charge on any atom is 0.255 e. The van der Waals surface area contributed by atoms with Crippen LogP contribution in [0.15, 0.2) is 18.2 Å². The Morgan fingerprint density at radius 2 is 2.00 bits per heavy atom. The molecule has 18 heavy (non-hydrogen) atoms. The lowest BCUT2D eigenvalue weighted by Crippen LogP contribution is -2.24. The van der Waals surface area contributed by atoms with Gasteiger partial charge >= 0.3 is 0 Å². The predicted molar refractivity (Wildman–Crippen MR) is 73.4 cm³/mol. The Bertz CT molecular complexity index is 461. The molecular formula is C12H14Cl2N2O2. The SMILES string of the molecule is CN(C)C(=O)c1ccc(Cl)cc1NC(=O)CCCl. The molecule has 0 saturated heterocycles. The lowest BCUT2D eigenvalue weighted by Gasteiger charge is -2.15. The first kappa shape index (κ1) is 14.8. The van der Waals surface area contributed by atoms with E-state index in [-0.39, 0.29) is 24.1 Å². The summed E-state index contributed by atoms with van der Waals surface area (Å²) in [5.74, 6) is -0.225. The molecule has 98 valence electrons. The molecule has 0 spiro atoms. The molecule has 0 aliphatic rings. The number of carbonyl (C=O) groups is 2. The summed E-state index contributed by atoms with van der Waals surface area (Å²) in [6.45, 7) is 0. The topological polar surface area (TPSA) is 49.4 Å². The molecule has 0 aliphatic heterocycles. The minimum absolute atomic E-state index is 0.184. The van der Waals surface area contributed by atoms with Gasteiger partial charge in [0.05, 0.1) is 11.3 Å². The van der Waals surface area contributed by atoms with E-state index in [9.17, 15) is 9.59 Å². The minimum atomic E-state index is -0.250. The van der Waals surface area contributed by atoms with Crippen LogP contribution in [0.5, 0.6) is 0 Å². The third kappa shape index (κ3) is 3.89. The highest BCUT2D eigenvalue weighted by Gasteiger charge is 2.15. The van der Waals surface area contributed by atoms with Crippen LogP contribution in [0.4, 0.5) is 5.69 Å². The van der Waals surface area contributed by atoms with Crippen LogP contribution in [0.2, 0.25) is 5.02 Å². The smallest absolute Gasteiger partial charge is 0.255 e. The number of alkyl halides is 1. The molecule has 4 nitrogen and oxygen atoms in total. The van der Waals surface area contributed by atoms with Gasteiger partial charge in [0.25, 0.3) is 5.91 Å². The first-order valence-corrected chi connectivity index (χ1v) is 6.24. The number of hydrogen-bond acceptors (Lipinski definition) is 2. The fourth-order valence-corrected chi connectivity index (χ4v) is 1.69. The fraction of sp³-hybridized carbons (Fsp3) is 0.333. The number of benzene rings is 1. The Balaban J connectivity index is 3.04. The number of hydrogen-bond donors (Lipinski definition) is 1. The largest absolute Gasteiger partial charge is 0.345 e. The van der Waals surface area contributed by atoms with Gasteiger partial charge < -0.3 is 10.2 Å². The zero-order chi connectivity index (χ0) is 13.7. The number of nitrogens with one attached hydrogen (secondary N) is 1. The van der Waals surface area contributed by atoms with Crippen LogP contribution in [0.25, 0.3) is 0 Å². The Morgan fingerprint density at radius 1 is 1.33 bits per heavy atom. The number of rotatable bonds is 4. The number of amides is 2. The first-order chi connectivity index (χ1) is 8.45. The molecule has 0 atom stereocenters. The van der Waals surface area contributed by atoms with Gasteiger partial charge in [-0.05, 0) is 18.2 Å². The van der Waals surface area contributed by atoms with Crippen LogP contribution in [-0.4, -0.2) is 36.7 Å². The zero-order valence-electron chi connectivity index (χ0n) is 10.2. The average Bonchev–Trinajstić information content (AvgIpc) is 2.28. The molecule has 0 saturated carbocycles. The number of anilines is 1. The van der Waals surface area contributed by atoms with Crippen molar-refractivity contribution >= 4 is 40.7 Å². The van der Waals surface area contributed by atoms with Crippen molar-refractivity contribution in [3.63, 3.8) is 0 Å². The molecule has 6 heteroatoms. The predicted octanol–water partition coefficient (Wildman–Crippen LogP) is 2.61. The third-order valence-electron chi connectivity index (χ3n) is 2.21. The highest BCUT2D eigenvalue weighted by molar-refractivity contribution is 6.31. The molecule has 0 radical (unpaired) electrons. The van der Waals surface area contributed by atoms with E-state index in [1.54, 1.807) is 32.3 Å². The van der Waals surface area contributed by atoms with Crippen LogP contribution in [0.1, 0.15) is 16.8 Å². The van der Waals surface area contributed by atoms with E-state index in [1.807, 2.05) is 0 Å². The van der Waals surface area contributed by atoms with E-state index in [0.717, 1.165) is 0 Å². The van der Waals surface area contributed by atoms with E-state index >= 15 is 0 Å². The molecule has 0 heterocycles. The highest BCUT2D eigenvalue weighted by Crippen LogP contribution is 2.22. The van der Waals surface area contributed by atoms with Gasteiger partial charge in [-0.25, -0.2) is 0 Å². The molecule has 1 N–H and O–H groups in total. The maximum absolute atomic E-state index is 11.9. The molecule has 2 amide bonds. The lowest BCUT2D eigenvalue weighted by molar-refractivity contribution is -0.115. The van der Waals surface area contributed by atoms with Crippen molar-refractivity contribution in [2.24, 2.45) is 0 Å². The van der Waals surface area contributed by atoms with Gasteiger partial charge in [-0.1, -0.05) is 11.6 Å². The molecular weight excluding hydrogens is 275 g/mol. The summed E-state index contributed by atoms with van der Waals surface area (Å²) in [6.07, 6.45) is 0.184. The summed E-state index contributed by atoms with van der Waals surface area (Å²) >= 11 is 11.3. The number of carbonyl (C=O) groups excluding carboxylic acids is 2. The summed E-state index contributed by atoms with van der Waals surface area (Å²) < 4.78 is 0. The Morgan fingerprint density at radius 3 is 2.56 bits per heavy atom. The van der Waals surface area contributed by atoms with Gasteiger partial charge in [0.15, 0.2) is 0 Å². The van der Waals surface area contributed by atoms with Gasteiger partial charge in [-0.3, -0.25) is 9.59 Å². The Kier molecular flexibility index (Phi) is 5.44. The van der Waals surface area contributed by atoms with Crippen molar-refractivity contribution in [1.82, 2.24) is 4.90 Å². The molecule has 1 rings (SSSR count). The van der Waals surface area contributed by atoms with Crippen molar-refractivity contribution in [3.05, 3.63) is 28.8 Å². The molecule has 1 aromatic rings. The van der Waals surface area contributed by atoms with Crippen molar-refractivity contribution in [2.75, 3.05) is 25.3 Å². The zero-order valence-corrected chi connectivity index (χ0v) is 11.7. The van der Waals surface area contributed by atoms with E-state index < -0.39 is 0 Å². The standard InChI is InChI=1S/C12H14Cl2N2O2/c1-16(2)12(18)9-4-3-8(14)7-10(9)15-11(17)5-6-13/h3-4,7H,5-6H2,1-2H3,(H,15,17). The van der Waals surface area contributed by atoms with Crippen molar-refractivity contribution in [2.45, 2.75) is 6.42 Å². The van der Waals surface area contributed by atoms with Gasteiger partial charge in [-0.2, -0.15) is 0 Å². The summed E-state index contributed by atoms with van der Waals surface area (Å²) in [5.41, 5.74) is 0.795. The third-order valence-corrected chi connectivity index (χ3v) is 2.64. The second-order valence-corrected chi connectivity index (χ2v) is 4.69. The Hall–Kier alpha value is -1.26. The number of nitrogens with zero attached hydrogens (tertiary/aromatic N) is 1. The molecule has 0 bridgehead atoms. The number of halogens is 2. The van der Waals surface area contributed by atoms with E-state index in [0.29, 0.717) is 16.3 Å². The van der Waals surface area contributed by atoms with Crippen molar-refractivity contribution in [3.8, 4) is 0 Å². The lowest BCUT2D eigenvalue weighted by atomic mass is 10.1. The van der Waals surface area contributed by atoms with Gasteiger partial charge in [-0.15, -0.1) is 11.6 Å². The normalized spacial score (nSPS) is 10.0. The van der Waals surface area contributed by atoms with Crippen LogP contribution in [-0.2, 0) is 4.79 Å². The van der Waals surface area contributed by atoms with Crippen LogP contribution < -0.4 is 5.32 Å². The summed E-state index contributed by atoms with van der Waals surface area (Å²) in [7, 11) is 3.28. The average molecular weight is 289 g/mol. The van der Waals surface area contributed by atoms with Gasteiger partial charge in [0, 0.05) is 31.4 Å². The summed E-state index contributed by atoms with van der Waals surface area (Å²) in [6, 6.07) is 4.74. The van der Waals surface area contributed by atoms with E-state index in [2.05, 4.69) is 5.32 Å². The second kappa shape index (κ2) is 6.61. The molecule has 0 unspecified atom stereocenters. The van der Waals surface area contributed by atoms with E-state index in [1.165, 1.54) is 4.90 Å². The summed E-state index contributed by atoms with van der Waals surface area (Å²) in [4.78, 5) is 24.9. The quantitative estimate of drug-likeness (QED) is 0.866. The fourth-order valence-electron chi connectivity index (χ4n) is 1.35. The van der Waals surface area contributed by atoms with Crippen LogP contribution in [0, 0.1) is 0 Å². The van der Waals surface area contributed by atoms with Crippen LogP contribution >= 0.6 is 23.2 Å². The van der Waals surface area contributed by atoms with Gasteiger partial charge in [0.1, 0.15) is 0 Å². The highest BCUT2D eigenvalue weighted by atomic mass is 35.5. The first-order valence-electron chi connectivity index (χ1n) is 5.32. The van der Waals surface area contributed by atoms with Gasteiger partial charge in [0.2, 0.25) is 5.91 Å². The van der Waals surface area contributed by atoms with Crippen LogP contribution in [0.3, 0.4) is 0 Å². The summed E-state index contributed by atoms with van der Waals surface area (Å²) in [5, 5.41) is 3.08. The monoisotopic (exact) mass is 288 g/mol. The molecule has 0 aromatic heterocycles. The Labute approximate surface area is 116 Å². The second-order valence-electron chi connectivity index (χ2n) is 3.88. The maximum atomic E-state index is 11.9. The molecule has 0 aliphatic carbocycles.